The van der Waals surface area contributed by atoms with Gasteiger partial charge in [-0.15, -0.1) is 0 Å². The van der Waals surface area contributed by atoms with Gasteiger partial charge in [0, 0.05) is 0 Å². The Bertz CT molecular complexity index is 510. The SMILES string of the molecule is C1CCC(C2CCC3CCCC3C2C2CCCCC2)CC1.CCC1CCC(C)C(CC)C1. The molecule has 0 amide bonds. The van der Waals surface area contributed by atoms with Crippen molar-refractivity contribution in [1.29, 1.82) is 0 Å². The van der Waals surface area contributed by atoms with Crippen LogP contribution in [0.15, 0.2) is 0 Å². The molecule has 5 saturated carbocycles. The van der Waals surface area contributed by atoms with Gasteiger partial charge in [0.2, 0.25) is 0 Å². The molecule has 32 heavy (non-hydrogen) atoms. The lowest BCUT2D eigenvalue weighted by molar-refractivity contribution is 0.00318. The quantitative estimate of drug-likeness (QED) is 0.406. The summed E-state index contributed by atoms with van der Waals surface area (Å²) in [5.41, 5.74) is 0. The van der Waals surface area contributed by atoms with Gasteiger partial charge in [-0.3, -0.25) is 0 Å². The summed E-state index contributed by atoms with van der Waals surface area (Å²) in [6.07, 6.45) is 30.9. The first-order valence-corrected chi connectivity index (χ1v) is 15.7. The molecular weight excluding hydrogens is 384 g/mol. The average molecular weight is 443 g/mol. The zero-order valence-electron chi connectivity index (χ0n) is 22.3. The summed E-state index contributed by atoms with van der Waals surface area (Å²) < 4.78 is 0. The standard InChI is InChI=1S/C21H36.C11H22/c1-3-8-16(9-4-1)20-15-14-17-12-7-13-19(17)21(20)18-10-5-2-6-11-18;1-4-10-7-6-9(3)11(5-2)8-10/h16-21H,1-15H2;9-11H,4-8H2,1-3H3. The van der Waals surface area contributed by atoms with Gasteiger partial charge in [-0.2, -0.15) is 0 Å². The molecule has 0 aromatic rings. The summed E-state index contributed by atoms with van der Waals surface area (Å²) in [6.45, 7) is 7.12. The maximum absolute atomic E-state index is 2.43. The van der Waals surface area contributed by atoms with Crippen LogP contribution in [0.2, 0.25) is 0 Å². The average Bonchev–Trinajstić information content (AvgIpc) is 3.34. The largest absolute Gasteiger partial charge is 0.0651 e. The first kappa shape index (κ1) is 25.1. The van der Waals surface area contributed by atoms with E-state index in [9.17, 15) is 0 Å². The maximum atomic E-state index is 2.43. The van der Waals surface area contributed by atoms with Crippen molar-refractivity contribution in [2.45, 2.75) is 149 Å². The first-order chi connectivity index (χ1) is 15.7. The van der Waals surface area contributed by atoms with E-state index in [-0.39, 0.29) is 0 Å². The zero-order chi connectivity index (χ0) is 22.3. The van der Waals surface area contributed by atoms with Crippen LogP contribution in [0.3, 0.4) is 0 Å². The molecule has 0 heterocycles. The molecule has 0 aromatic carbocycles. The minimum absolute atomic E-state index is 1.00. The van der Waals surface area contributed by atoms with E-state index in [0.29, 0.717) is 0 Å². The monoisotopic (exact) mass is 442 g/mol. The van der Waals surface area contributed by atoms with Crippen LogP contribution in [0.25, 0.3) is 0 Å². The highest BCUT2D eigenvalue weighted by atomic mass is 14.5. The van der Waals surface area contributed by atoms with E-state index in [1.165, 1.54) is 44.9 Å². The molecule has 7 unspecified atom stereocenters. The highest BCUT2D eigenvalue weighted by Crippen LogP contribution is 2.56. The molecule has 0 heteroatoms. The minimum Gasteiger partial charge on any atom is -0.0651 e. The van der Waals surface area contributed by atoms with Crippen molar-refractivity contribution in [3.63, 3.8) is 0 Å². The Morgan fingerprint density at radius 1 is 0.500 bits per heavy atom. The predicted octanol–water partition coefficient (Wildman–Crippen LogP) is 10.4. The molecule has 0 spiro atoms. The molecule has 5 rings (SSSR count). The lowest BCUT2D eigenvalue weighted by Crippen LogP contribution is -2.41. The van der Waals surface area contributed by atoms with E-state index >= 15 is 0 Å². The van der Waals surface area contributed by atoms with Crippen LogP contribution < -0.4 is 0 Å². The Morgan fingerprint density at radius 2 is 1.09 bits per heavy atom. The zero-order valence-corrected chi connectivity index (χ0v) is 22.3. The van der Waals surface area contributed by atoms with Gasteiger partial charge < -0.3 is 0 Å². The van der Waals surface area contributed by atoms with Crippen LogP contribution in [0.1, 0.15) is 149 Å². The molecule has 0 aromatic heterocycles. The Balaban J connectivity index is 0.000000189. The lowest BCUT2D eigenvalue weighted by Gasteiger charge is -2.49. The van der Waals surface area contributed by atoms with Crippen molar-refractivity contribution < 1.29 is 0 Å². The molecule has 5 aliphatic rings. The van der Waals surface area contributed by atoms with Crippen LogP contribution in [0.5, 0.6) is 0 Å². The number of fused-ring (bicyclic) bond motifs is 1. The van der Waals surface area contributed by atoms with Crippen molar-refractivity contribution in [3.05, 3.63) is 0 Å². The molecule has 0 nitrogen and oxygen atoms in total. The third-order valence-corrected chi connectivity index (χ3v) is 11.6. The highest BCUT2D eigenvalue weighted by molar-refractivity contribution is 4.96. The van der Waals surface area contributed by atoms with Crippen molar-refractivity contribution in [2.75, 3.05) is 0 Å². The van der Waals surface area contributed by atoms with E-state index in [0.717, 1.165) is 53.3 Å². The number of hydrogen-bond acceptors (Lipinski definition) is 0. The normalized spacial score (nSPS) is 41.5. The van der Waals surface area contributed by atoms with Gasteiger partial charge in [-0.1, -0.05) is 124 Å². The minimum atomic E-state index is 1.00. The smallest absolute Gasteiger partial charge is 0.0324 e. The molecule has 5 fully saturated rings. The van der Waals surface area contributed by atoms with Crippen molar-refractivity contribution >= 4 is 0 Å². The Labute approximate surface area is 202 Å². The predicted molar refractivity (Wildman–Crippen MR) is 141 cm³/mol. The third kappa shape index (κ3) is 6.16. The van der Waals surface area contributed by atoms with E-state index in [1.807, 2.05) is 0 Å². The number of hydrogen-bond donors (Lipinski definition) is 0. The topological polar surface area (TPSA) is 0 Å². The Morgan fingerprint density at radius 3 is 1.75 bits per heavy atom. The lowest BCUT2D eigenvalue weighted by atomic mass is 9.56. The van der Waals surface area contributed by atoms with Crippen LogP contribution in [-0.4, -0.2) is 0 Å². The fraction of sp³-hybridized carbons (Fsp3) is 1.00. The third-order valence-electron chi connectivity index (χ3n) is 11.6. The van der Waals surface area contributed by atoms with Crippen LogP contribution in [0, 0.1) is 53.3 Å². The van der Waals surface area contributed by atoms with Gasteiger partial charge in [0.05, 0.1) is 0 Å². The molecule has 0 aliphatic heterocycles. The summed E-state index contributed by atoms with van der Waals surface area (Å²) >= 11 is 0. The van der Waals surface area contributed by atoms with E-state index in [4.69, 9.17) is 0 Å². The summed E-state index contributed by atoms with van der Waals surface area (Å²) in [6, 6.07) is 0. The van der Waals surface area contributed by atoms with Gasteiger partial charge in [-0.25, -0.2) is 0 Å². The van der Waals surface area contributed by atoms with Gasteiger partial charge in [0.15, 0.2) is 0 Å². The molecule has 5 aliphatic carbocycles. The first-order valence-electron chi connectivity index (χ1n) is 15.7. The van der Waals surface area contributed by atoms with Crippen LogP contribution in [-0.2, 0) is 0 Å². The Hall–Kier alpha value is 0. The molecular formula is C32H58. The molecule has 0 N–H and O–H groups in total. The van der Waals surface area contributed by atoms with Crippen molar-refractivity contribution in [2.24, 2.45) is 53.3 Å². The second-order valence-corrected chi connectivity index (χ2v) is 13.2. The van der Waals surface area contributed by atoms with Gasteiger partial charge in [-0.05, 0) is 78.9 Å². The molecule has 0 bridgehead atoms. The van der Waals surface area contributed by atoms with Gasteiger partial charge in [0.1, 0.15) is 0 Å². The maximum Gasteiger partial charge on any atom is -0.0324 e. The van der Waals surface area contributed by atoms with Gasteiger partial charge in [0.25, 0.3) is 0 Å². The fourth-order valence-electron chi connectivity index (χ4n) is 9.63. The van der Waals surface area contributed by atoms with Crippen molar-refractivity contribution in [3.8, 4) is 0 Å². The van der Waals surface area contributed by atoms with Crippen molar-refractivity contribution in [1.82, 2.24) is 0 Å². The summed E-state index contributed by atoms with van der Waals surface area (Å²) in [4.78, 5) is 0. The molecule has 186 valence electrons. The second kappa shape index (κ2) is 12.6. The number of rotatable bonds is 4. The Kier molecular flexibility index (Phi) is 9.91. The summed E-state index contributed by atoms with van der Waals surface area (Å²) in [7, 11) is 0. The van der Waals surface area contributed by atoms with E-state index in [2.05, 4.69) is 20.8 Å². The van der Waals surface area contributed by atoms with E-state index in [1.54, 1.807) is 83.5 Å². The van der Waals surface area contributed by atoms with Gasteiger partial charge >= 0.3 is 0 Å². The molecule has 0 radical (unpaired) electrons. The van der Waals surface area contributed by atoms with Crippen LogP contribution >= 0.6 is 0 Å². The fourth-order valence-corrected chi connectivity index (χ4v) is 9.63. The summed E-state index contributed by atoms with van der Waals surface area (Å²) in [5.74, 6) is 9.98. The molecule has 7 atom stereocenters. The van der Waals surface area contributed by atoms with E-state index < -0.39 is 0 Å². The highest BCUT2D eigenvalue weighted by Gasteiger charge is 2.47. The second-order valence-electron chi connectivity index (χ2n) is 13.2. The van der Waals surface area contributed by atoms with Crippen LogP contribution in [0.4, 0.5) is 0 Å². The molecule has 0 saturated heterocycles. The summed E-state index contributed by atoms with van der Waals surface area (Å²) in [5, 5.41) is 0.